The average Bonchev–Trinajstić information content (AvgIpc) is 3.32. The Hall–Kier alpha value is -2.95. The lowest BCUT2D eigenvalue weighted by Gasteiger charge is -2.27. The van der Waals surface area contributed by atoms with Crippen LogP contribution in [0.2, 0.25) is 0 Å². The summed E-state index contributed by atoms with van der Waals surface area (Å²) < 4.78 is 3.19. The number of rotatable bonds is 4. The second kappa shape index (κ2) is 7.47. The first-order chi connectivity index (χ1) is 14.2. The molecular formula is C22H21N5OS. The van der Waals surface area contributed by atoms with Crippen LogP contribution >= 0.6 is 11.3 Å². The Bertz CT molecular complexity index is 1220. The minimum absolute atomic E-state index is 0.0930. The molecule has 0 spiro atoms. The monoisotopic (exact) mass is 403 g/mol. The van der Waals surface area contributed by atoms with E-state index < -0.39 is 0 Å². The fourth-order valence-corrected chi connectivity index (χ4v) is 5.01. The van der Waals surface area contributed by atoms with Crippen LogP contribution in [-0.2, 0) is 6.54 Å². The van der Waals surface area contributed by atoms with Crippen LogP contribution in [0.5, 0.6) is 0 Å². The number of benzene rings is 2. The maximum Gasteiger partial charge on any atom is 0.184 e. The zero-order valence-corrected chi connectivity index (χ0v) is 16.7. The summed E-state index contributed by atoms with van der Waals surface area (Å²) in [6.45, 7) is 0.684. The van der Waals surface area contributed by atoms with Gasteiger partial charge in [0.15, 0.2) is 5.13 Å². The van der Waals surface area contributed by atoms with E-state index in [1.165, 1.54) is 0 Å². The van der Waals surface area contributed by atoms with Crippen LogP contribution in [0.4, 0.5) is 5.13 Å². The molecule has 2 heterocycles. The van der Waals surface area contributed by atoms with Crippen LogP contribution < -0.4 is 5.32 Å². The molecule has 1 saturated carbocycles. The molecule has 0 amide bonds. The number of nitriles is 1. The minimum atomic E-state index is -0.292. The van der Waals surface area contributed by atoms with Gasteiger partial charge in [0, 0.05) is 6.54 Å². The summed E-state index contributed by atoms with van der Waals surface area (Å²) in [5.41, 5.74) is 4.61. The molecule has 0 radical (unpaired) electrons. The SMILES string of the molecule is N#Cc1ccc2ncn(Cc3ccc4nc(NC5CCCCC5O)sc4c3)c2c1. The smallest absolute Gasteiger partial charge is 0.184 e. The van der Waals surface area contributed by atoms with Crippen molar-refractivity contribution in [2.75, 3.05) is 5.32 Å². The number of aliphatic hydroxyl groups is 1. The van der Waals surface area contributed by atoms with Crippen molar-refractivity contribution >= 4 is 37.7 Å². The molecule has 2 aromatic carbocycles. The molecule has 146 valence electrons. The molecule has 7 heteroatoms. The third-order valence-electron chi connectivity index (χ3n) is 5.59. The highest BCUT2D eigenvalue weighted by molar-refractivity contribution is 7.22. The number of nitrogens with zero attached hydrogens (tertiary/aromatic N) is 4. The van der Waals surface area contributed by atoms with Gasteiger partial charge in [-0.2, -0.15) is 5.26 Å². The average molecular weight is 404 g/mol. The molecule has 2 N–H and O–H groups in total. The number of imidazole rings is 1. The number of anilines is 1. The second-order valence-electron chi connectivity index (χ2n) is 7.61. The van der Waals surface area contributed by atoms with E-state index in [1.54, 1.807) is 17.4 Å². The van der Waals surface area contributed by atoms with Crippen LogP contribution in [0, 0.1) is 11.3 Å². The molecular weight excluding hydrogens is 382 g/mol. The molecule has 1 aliphatic rings. The van der Waals surface area contributed by atoms with Crippen LogP contribution in [0.3, 0.4) is 0 Å². The second-order valence-corrected chi connectivity index (χ2v) is 8.64. The highest BCUT2D eigenvalue weighted by atomic mass is 32.1. The van der Waals surface area contributed by atoms with E-state index in [0.717, 1.165) is 57.6 Å². The van der Waals surface area contributed by atoms with Crippen LogP contribution in [0.1, 0.15) is 36.8 Å². The zero-order chi connectivity index (χ0) is 19.8. The van der Waals surface area contributed by atoms with Crippen LogP contribution in [0.25, 0.3) is 21.3 Å². The van der Waals surface area contributed by atoms with Gasteiger partial charge in [-0.1, -0.05) is 30.2 Å². The first-order valence-electron chi connectivity index (χ1n) is 9.89. The molecule has 2 unspecified atom stereocenters. The van der Waals surface area contributed by atoms with Crippen LogP contribution in [-0.4, -0.2) is 31.8 Å². The Labute approximate surface area is 172 Å². The number of hydrogen-bond donors (Lipinski definition) is 2. The van der Waals surface area contributed by atoms with E-state index in [1.807, 2.05) is 24.5 Å². The predicted octanol–water partition coefficient (Wildman–Crippen LogP) is 4.28. The lowest BCUT2D eigenvalue weighted by atomic mass is 9.93. The summed E-state index contributed by atoms with van der Waals surface area (Å²) in [6, 6.07) is 14.1. The predicted molar refractivity (Wildman–Crippen MR) is 115 cm³/mol. The van der Waals surface area contributed by atoms with Crippen molar-refractivity contribution in [3.8, 4) is 6.07 Å². The highest BCUT2D eigenvalue weighted by Gasteiger charge is 2.23. The van der Waals surface area contributed by atoms with Crippen molar-refractivity contribution in [3.63, 3.8) is 0 Å². The highest BCUT2D eigenvalue weighted by Crippen LogP contribution is 2.30. The van der Waals surface area contributed by atoms with Gasteiger partial charge in [-0.15, -0.1) is 0 Å². The van der Waals surface area contributed by atoms with Crippen molar-refractivity contribution < 1.29 is 5.11 Å². The first-order valence-corrected chi connectivity index (χ1v) is 10.7. The van der Waals surface area contributed by atoms with Crippen molar-refractivity contribution in [3.05, 3.63) is 53.9 Å². The third-order valence-corrected chi connectivity index (χ3v) is 6.54. The van der Waals surface area contributed by atoms with Gasteiger partial charge in [0.25, 0.3) is 0 Å². The van der Waals surface area contributed by atoms with Gasteiger partial charge < -0.3 is 15.0 Å². The van der Waals surface area contributed by atoms with Gasteiger partial charge >= 0.3 is 0 Å². The zero-order valence-electron chi connectivity index (χ0n) is 15.9. The Kier molecular flexibility index (Phi) is 4.66. The van der Waals surface area contributed by atoms with E-state index in [0.29, 0.717) is 12.1 Å². The molecule has 2 atom stereocenters. The topological polar surface area (TPSA) is 86.8 Å². The number of fused-ring (bicyclic) bond motifs is 2. The standard InChI is InChI=1S/C22H21N5OS/c23-11-14-5-7-16-19(9-14)27(13-24-16)12-15-6-8-18-21(10-15)29-22(26-18)25-17-3-1-2-4-20(17)28/h5-10,13,17,20,28H,1-4,12H2,(H,25,26). The number of thiazole rings is 1. The molecule has 4 aromatic rings. The maximum absolute atomic E-state index is 10.2. The molecule has 0 saturated heterocycles. The molecule has 29 heavy (non-hydrogen) atoms. The minimum Gasteiger partial charge on any atom is -0.391 e. The van der Waals surface area contributed by atoms with E-state index >= 15 is 0 Å². The number of nitrogens with one attached hydrogen (secondary N) is 1. The largest absolute Gasteiger partial charge is 0.391 e. The molecule has 0 aliphatic heterocycles. The third kappa shape index (κ3) is 3.57. The van der Waals surface area contributed by atoms with Gasteiger partial charge in [-0.05, 0) is 48.7 Å². The fraction of sp³-hybridized carbons (Fsp3) is 0.318. The van der Waals surface area contributed by atoms with E-state index in [9.17, 15) is 5.11 Å². The summed E-state index contributed by atoms with van der Waals surface area (Å²) in [4.78, 5) is 9.13. The number of aliphatic hydroxyl groups excluding tert-OH is 1. The summed E-state index contributed by atoms with van der Waals surface area (Å²) in [7, 11) is 0. The summed E-state index contributed by atoms with van der Waals surface area (Å²) >= 11 is 1.63. The van der Waals surface area contributed by atoms with Crippen LogP contribution in [0.15, 0.2) is 42.7 Å². The lowest BCUT2D eigenvalue weighted by molar-refractivity contribution is 0.116. The van der Waals surface area contributed by atoms with E-state index in [4.69, 9.17) is 10.2 Å². The summed E-state index contributed by atoms with van der Waals surface area (Å²) in [5, 5.41) is 23.7. The fourth-order valence-electron chi connectivity index (χ4n) is 4.02. The summed E-state index contributed by atoms with van der Waals surface area (Å²) in [6.07, 6.45) is 5.62. The maximum atomic E-state index is 10.2. The van der Waals surface area contributed by atoms with Gasteiger partial charge in [-0.25, -0.2) is 9.97 Å². The van der Waals surface area contributed by atoms with Crippen molar-refractivity contribution in [2.24, 2.45) is 0 Å². The van der Waals surface area contributed by atoms with Gasteiger partial charge in [-0.3, -0.25) is 0 Å². The number of hydrogen-bond acceptors (Lipinski definition) is 6. The van der Waals surface area contributed by atoms with Gasteiger partial charge in [0.05, 0.1) is 51.4 Å². The molecule has 5 rings (SSSR count). The molecule has 1 fully saturated rings. The van der Waals surface area contributed by atoms with Crippen molar-refractivity contribution in [2.45, 2.75) is 44.4 Å². The number of aromatic nitrogens is 3. The molecule has 6 nitrogen and oxygen atoms in total. The molecule has 0 bridgehead atoms. The molecule has 1 aliphatic carbocycles. The normalized spacial score (nSPS) is 19.4. The van der Waals surface area contributed by atoms with Crippen molar-refractivity contribution in [1.82, 2.24) is 14.5 Å². The van der Waals surface area contributed by atoms with E-state index in [2.05, 4.69) is 33.1 Å². The van der Waals surface area contributed by atoms with Crippen molar-refractivity contribution in [1.29, 1.82) is 5.26 Å². The Balaban J connectivity index is 1.39. The first kappa shape index (κ1) is 18.1. The molecule has 2 aromatic heterocycles. The van der Waals surface area contributed by atoms with E-state index in [-0.39, 0.29) is 12.1 Å². The van der Waals surface area contributed by atoms with Gasteiger partial charge in [0.2, 0.25) is 0 Å². The summed E-state index contributed by atoms with van der Waals surface area (Å²) in [5.74, 6) is 0. The lowest BCUT2D eigenvalue weighted by Crippen LogP contribution is -2.36. The van der Waals surface area contributed by atoms with Gasteiger partial charge in [0.1, 0.15) is 0 Å². The quantitative estimate of drug-likeness (QED) is 0.531. The Morgan fingerprint density at radius 3 is 2.90 bits per heavy atom. The Morgan fingerprint density at radius 2 is 2.03 bits per heavy atom. The Morgan fingerprint density at radius 1 is 1.17 bits per heavy atom.